The minimum atomic E-state index is -0.727. The molecule has 1 fully saturated rings. The van der Waals surface area contributed by atoms with Crippen LogP contribution < -0.4 is 5.73 Å². The second-order valence-corrected chi connectivity index (χ2v) is 9.13. The molecule has 1 aromatic heterocycles. The van der Waals surface area contributed by atoms with E-state index in [0.29, 0.717) is 32.4 Å². The highest BCUT2D eigenvalue weighted by Crippen LogP contribution is 2.38. The highest BCUT2D eigenvalue weighted by atomic mass is 32.1. The molecule has 30 heavy (non-hydrogen) atoms. The maximum Gasteiger partial charge on any atom is 0.227 e. The van der Waals surface area contributed by atoms with Crippen molar-refractivity contribution in [3.8, 4) is 10.4 Å². The van der Waals surface area contributed by atoms with E-state index < -0.39 is 5.41 Å². The van der Waals surface area contributed by atoms with Gasteiger partial charge in [-0.1, -0.05) is 60.2 Å². The molecule has 2 heterocycles. The number of carbonyl (C=O) groups excluding carboxylic acids is 2. The number of hydrogen-bond donors (Lipinski definition) is 1. The van der Waals surface area contributed by atoms with Gasteiger partial charge >= 0.3 is 0 Å². The van der Waals surface area contributed by atoms with Crippen LogP contribution in [-0.4, -0.2) is 29.8 Å². The Hall–Kier alpha value is -2.92. The molecule has 1 saturated heterocycles. The minimum Gasteiger partial charge on any atom is -0.369 e. The monoisotopic (exact) mass is 418 g/mol. The molecule has 0 saturated carbocycles. The lowest BCUT2D eigenvalue weighted by Crippen LogP contribution is -2.42. The van der Waals surface area contributed by atoms with Crippen molar-refractivity contribution < 1.29 is 9.59 Å². The minimum absolute atomic E-state index is 0.0512. The highest BCUT2D eigenvalue weighted by Gasteiger charge is 2.45. The van der Waals surface area contributed by atoms with Crippen molar-refractivity contribution in [2.45, 2.75) is 26.2 Å². The van der Waals surface area contributed by atoms with Crippen LogP contribution in [0.15, 0.2) is 66.0 Å². The number of likely N-dealkylation sites (tertiary alicyclic amines) is 1. The number of rotatable bonds is 6. The summed E-state index contributed by atoms with van der Waals surface area (Å²) in [6.45, 7) is 2.97. The van der Waals surface area contributed by atoms with E-state index in [2.05, 4.69) is 23.6 Å². The standard InChI is InChI=1S/C25H26N2O2S/c1-18-6-4-7-19(14-18)15-23(28)27-12-11-25(17-27,24(26)29)16-20-8-2-3-9-21(20)22-10-5-13-30-22/h2-10,13-14H,11-12,15-17H2,1H3,(H2,26,29)/t25-/m0/s1. The van der Waals surface area contributed by atoms with Crippen LogP contribution in [0.3, 0.4) is 0 Å². The van der Waals surface area contributed by atoms with Gasteiger partial charge in [-0.25, -0.2) is 0 Å². The van der Waals surface area contributed by atoms with Crippen LogP contribution in [0.5, 0.6) is 0 Å². The fourth-order valence-corrected chi connectivity index (χ4v) is 5.12. The molecule has 0 bridgehead atoms. The quantitative estimate of drug-likeness (QED) is 0.652. The lowest BCUT2D eigenvalue weighted by Gasteiger charge is -2.27. The third-order valence-electron chi connectivity index (χ3n) is 6.00. The molecule has 2 aromatic carbocycles. The molecular formula is C25H26N2O2S. The molecule has 3 aromatic rings. The molecule has 4 nitrogen and oxygen atoms in total. The van der Waals surface area contributed by atoms with E-state index in [-0.39, 0.29) is 11.8 Å². The van der Waals surface area contributed by atoms with Gasteiger partial charge in [0, 0.05) is 18.0 Å². The zero-order valence-electron chi connectivity index (χ0n) is 17.1. The predicted octanol–water partition coefficient (Wildman–Crippen LogP) is 4.21. The predicted molar refractivity (Wildman–Crippen MR) is 121 cm³/mol. The van der Waals surface area contributed by atoms with Crippen molar-refractivity contribution >= 4 is 23.2 Å². The van der Waals surface area contributed by atoms with E-state index in [4.69, 9.17) is 5.73 Å². The summed E-state index contributed by atoms with van der Waals surface area (Å²) in [5.74, 6) is -0.274. The van der Waals surface area contributed by atoms with Gasteiger partial charge in [0.05, 0.1) is 11.8 Å². The van der Waals surface area contributed by atoms with Crippen LogP contribution in [0.2, 0.25) is 0 Å². The first-order valence-corrected chi connectivity index (χ1v) is 11.1. The molecule has 0 aliphatic carbocycles. The van der Waals surface area contributed by atoms with Gasteiger partial charge < -0.3 is 10.6 Å². The maximum absolute atomic E-state index is 12.9. The first-order chi connectivity index (χ1) is 14.5. The number of amides is 2. The maximum atomic E-state index is 12.9. The fourth-order valence-electron chi connectivity index (χ4n) is 4.34. The summed E-state index contributed by atoms with van der Waals surface area (Å²) in [4.78, 5) is 28.5. The van der Waals surface area contributed by atoms with E-state index in [1.54, 1.807) is 16.2 Å². The second-order valence-electron chi connectivity index (χ2n) is 8.19. The van der Waals surface area contributed by atoms with Gasteiger partial charge in [-0.05, 0) is 47.9 Å². The normalized spacial score (nSPS) is 18.5. The molecule has 0 spiro atoms. The Morgan fingerprint density at radius 3 is 2.67 bits per heavy atom. The van der Waals surface area contributed by atoms with E-state index in [1.165, 1.54) is 4.88 Å². The topological polar surface area (TPSA) is 63.4 Å². The van der Waals surface area contributed by atoms with Gasteiger partial charge in [-0.3, -0.25) is 9.59 Å². The van der Waals surface area contributed by atoms with Gasteiger partial charge in [0.15, 0.2) is 0 Å². The molecule has 1 aliphatic heterocycles. The average molecular weight is 419 g/mol. The Balaban J connectivity index is 1.54. The Kier molecular flexibility index (Phi) is 5.73. The summed E-state index contributed by atoms with van der Waals surface area (Å²) < 4.78 is 0. The van der Waals surface area contributed by atoms with Gasteiger partial charge in [-0.2, -0.15) is 0 Å². The van der Waals surface area contributed by atoms with Gasteiger partial charge in [-0.15, -0.1) is 11.3 Å². The number of aryl methyl sites for hydroxylation is 1. The van der Waals surface area contributed by atoms with Crippen molar-refractivity contribution in [2.75, 3.05) is 13.1 Å². The zero-order valence-corrected chi connectivity index (χ0v) is 18.0. The first-order valence-electron chi connectivity index (χ1n) is 10.2. The van der Waals surface area contributed by atoms with Gasteiger partial charge in [0.2, 0.25) is 11.8 Å². The molecule has 2 N–H and O–H groups in total. The Morgan fingerprint density at radius 1 is 1.10 bits per heavy atom. The lowest BCUT2D eigenvalue weighted by atomic mass is 9.79. The van der Waals surface area contributed by atoms with Crippen LogP contribution in [0.25, 0.3) is 10.4 Å². The third-order valence-corrected chi connectivity index (χ3v) is 6.90. The van der Waals surface area contributed by atoms with Gasteiger partial charge in [0.25, 0.3) is 0 Å². The Bertz CT molecular complexity index is 1060. The van der Waals surface area contributed by atoms with Crippen LogP contribution in [-0.2, 0) is 22.4 Å². The number of benzene rings is 2. The van der Waals surface area contributed by atoms with Crippen molar-refractivity contribution in [2.24, 2.45) is 11.1 Å². The third kappa shape index (κ3) is 4.17. The second kappa shape index (κ2) is 8.44. The van der Waals surface area contributed by atoms with Crippen molar-refractivity contribution in [1.29, 1.82) is 0 Å². The number of nitrogens with zero attached hydrogens (tertiary/aromatic N) is 1. The summed E-state index contributed by atoms with van der Waals surface area (Å²) in [6.07, 6.45) is 1.49. The molecule has 1 atom stereocenters. The summed E-state index contributed by atoms with van der Waals surface area (Å²) in [6, 6.07) is 20.3. The fraction of sp³-hybridized carbons (Fsp3) is 0.280. The Labute approximate surface area is 181 Å². The Morgan fingerprint density at radius 2 is 1.93 bits per heavy atom. The molecule has 2 amide bonds. The number of carbonyl (C=O) groups is 2. The summed E-state index contributed by atoms with van der Waals surface area (Å²) in [5, 5.41) is 2.05. The van der Waals surface area contributed by atoms with E-state index in [9.17, 15) is 9.59 Å². The molecule has 154 valence electrons. The molecule has 5 heteroatoms. The van der Waals surface area contributed by atoms with Crippen LogP contribution in [0.1, 0.15) is 23.1 Å². The highest BCUT2D eigenvalue weighted by molar-refractivity contribution is 7.13. The summed E-state index contributed by atoms with van der Waals surface area (Å²) in [7, 11) is 0. The summed E-state index contributed by atoms with van der Waals surface area (Å²) in [5.41, 5.74) is 9.56. The smallest absolute Gasteiger partial charge is 0.227 e. The summed E-state index contributed by atoms with van der Waals surface area (Å²) >= 11 is 1.68. The molecule has 1 aliphatic rings. The van der Waals surface area contributed by atoms with E-state index in [1.807, 2.05) is 49.4 Å². The zero-order chi connectivity index (χ0) is 21.1. The van der Waals surface area contributed by atoms with Crippen molar-refractivity contribution in [1.82, 2.24) is 4.90 Å². The van der Waals surface area contributed by atoms with Gasteiger partial charge in [0.1, 0.15) is 0 Å². The van der Waals surface area contributed by atoms with E-state index in [0.717, 1.165) is 22.3 Å². The average Bonchev–Trinajstić information content (AvgIpc) is 3.39. The van der Waals surface area contributed by atoms with Crippen LogP contribution in [0.4, 0.5) is 0 Å². The first kappa shape index (κ1) is 20.4. The molecule has 0 unspecified atom stereocenters. The van der Waals surface area contributed by atoms with Crippen molar-refractivity contribution in [3.63, 3.8) is 0 Å². The van der Waals surface area contributed by atoms with Crippen molar-refractivity contribution in [3.05, 3.63) is 82.7 Å². The molecular weight excluding hydrogens is 392 g/mol. The van der Waals surface area contributed by atoms with Crippen LogP contribution >= 0.6 is 11.3 Å². The largest absolute Gasteiger partial charge is 0.369 e. The lowest BCUT2D eigenvalue weighted by molar-refractivity contribution is -0.131. The molecule has 4 rings (SSSR count). The molecule has 0 radical (unpaired) electrons. The number of hydrogen-bond acceptors (Lipinski definition) is 3. The number of primary amides is 1. The van der Waals surface area contributed by atoms with E-state index >= 15 is 0 Å². The van der Waals surface area contributed by atoms with Crippen LogP contribution in [0, 0.1) is 12.3 Å². The number of thiophene rings is 1. The number of nitrogens with two attached hydrogens (primary N) is 1. The SMILES string of the molecule is Cc1cccc(CC(=O)N2CC[C@@](Cc3ccccc3-c3cccs3)(C(N)=O)C2)c1.